The van der Waals surface area contributed by atoms with Crippen LogP contribution in [0.3, 0.4) is 0 Å². The lowest BCUT2D eigenvalue weighted by molar-refractivity contribution is 0.209. The number of nitrogens with two attached hydrogens (primary N) is 1. The number of nitrogen functional groups attached to an aromatic ring is 1. The molecule has 0 spiro atoms. The minimum absolute atomic E-state index is 0.115. The molecule has 2 N–H and O–H groups in total. The molecule has 6 heteroatoms. The molecule has 1 aromatic heterocycles. The quantitative estimate of drug-likeness (QED) is 0.629. The van der Waals surface area contributed by atoms with E-state index >= 15 is 0 Å². The minimum atomic E-state index is -0.258. The zero-order valence-corrected chi connectivity index (χ0v) is 18.6. The van der Waals surface area contributed by atoms with E-state index in [-0.39, 0.29) is 17.9 Å². The number of benzene rings is 1. The predicted octanol–water partition coefficient (Wildman–Crippen LogP) is 5.27. The van der Waals surface area contributed by atoms with E-state index in [2.05, 4.69) is 53.9 Å². The molecule has 31 heavy (non-hydrogen) atoms. The molecule has 0 saturated carbocycles. The number of halogens is 1. The summed E-state index contributed by atoms with van der Waals surface area (Å²) in [4.78, 5) is 8.96. The Hall–Kier alpha value is -3.07. The van der Waals surface area contributed by atoms with Crippen molar-refractivity contribution < 1.29 is 4.39 Å². The third-order valence-corrected chi connectivity index (χ3v) is 6.05. The molecule has 3 unspecified atom stereocenters. The first-order chi connectivity index (χ1) is 15.0. The highest BCUT2D eigenvalue weighted by molar-refractivity contribution is 5.62. The first-order valence-corrected chi connectivity index (χ1v) is 11.1. The molecule has 0 fully saturated rings. The number of aromatic nitrogens is 1. The van der Waals surface area contributed by atoms with Crippen LogP contribution in [0.25, 0.3) is 0 Å². The van der Waals surface area contributed by atoms with E-state index in [1.807, 2.05) is 12.1 Å². The van der Waals surface area contributed by atoms with Gasteiger partial charge in [-0.3, -0.25) is 0 Å². The molecule has 3 atom stereocenters. The fraction of sp³-hybridized carbons (Fsp3) is 0.440. The molecule has 5 nitrogen and oxygen atoms in total. The molecular formula is C25H32FN5. The van der Waals surface area contributed by atoms with Crippen molar-refractivity contribution in [3.05, 3.63) is 65.7 Å². The lowest BCUT2D eigenvalue weighted by Gasteiger charge is -2.41. The van der Waals surface area contributed by atoms with Crippen LogP contribution >= 0.6 is 0 Å². The zero-order valence-electron chi connectivity index (χ0n) is 18.6. The van der Waals surface area contributed by atoms with E-state index in [0.29, 0.717) is 29.3 Å². The maximum Gasteiger partial charge on any atom is 0.152 e. The summed E-state index contributed by atoms with van der Waals surface area (Å²) in [5.41, 5.74) is 7.95. The molecule has 2 heterocycles. The van der Waals surface area contributed by atoms with Gasteiger partial charge in [0.05, 0.1) is 23.4 Å². The smallest absolute Gasteiger partial charge is 0.152 e. The molecule has 1 aliphatic rings. The Morgan fingerprint density at radius 1 is 1.35 bits per heavy atom. The summed E-state index contributed by atoms with van der Waals surface area (Å²) in [5, 5.41) is 9.32. The Morgan fingerprint density at radius 2 is 2.16 bits per heavy atom. The summed E-state index contributed by atoms with van der Waals surface area (Å²) < 4.78 is 14.8. The van der Waals surface area contributed by atoms with Crippen molar-refractivity contribution in [2.75, 3.05) is 23.7 Å². The van der Waals surface area contributed by atoms with Crippen molar-refractivity contribution in [3.63, 3.8) is 0 Å². The van der Waals surface area contributed by atoms with Crippen molar-refractivity contribution in [1.82, 2.24) is 9.88 Å². The minimum Gasteiger partial charge on any atom is -0.396 e. The van der Waals surface area contributed by atoms with Gasteiger partial charge in [0.1, 0.15) is 5.82 Å². The Labute approximate surface area is 185 Å². The second kappa shape index (κ2) is 10.3. The summed E-state index contributed by atoms with van der Waals surface area (Å²) in [6.45, 7) is 7.98. The zero-order chi connectivity index (χ0) is 22.4. The number of rotatable bonds is 8. The molecule has 2 aromatic rings. The molecule has 3 rings (SSSR count). The molecule has 0 radical (unpaired) electrons. The van der Waals surface area contributed by atoms with Crippen molar-refractivity contribution in [3.8, 4) is 6.07 Å². The van der Waals surface area contributed by atoms with Crippen LogP contribution in [0.1, 0.15) is 57.2 Å². The average Bonchev–Trinajstić information content (AvgIpc) is 2.78. The summed E-state index contributed by atoms with van der Waals surface area (Å²) >= 11 is 0. The van der Waals surface area contributed by atoms with Gasteiger partial charge in [0.15, 0.2) is 5.82 Å². The van der Waals surface area contributed by atoms with E-state index < -0.39 is 0 Å². The van der Waals surface area contributed by atoms with E-state index in [1.54, 1.807) is 12.3 Å². The first-order valence-electron chi connectivity index (χ1n) is 11.1. The van der Waals surface area contributed by atoms with Crippen LogP contribution in [-0.2, 0) is 0 Å². The molecule has 0 bridgehead atoms. The van der Waals surface area contributed by atoms with Gasteiger partial charge >= 0.3 is 0 Å². The van der Waals surface area contributed by atoms with Crippen LogP contribution in [0.15, 0.2) is 48.8 Å². The molecule has 0 aliphatic carbocycles. The van der Waals surface area contributed by atoms with Gasteiger partial charge in [0.25, 0.3) is 0 Å². The topological polar surface area (TPSA) is 69.2 Å². The van der Waals surface area contributed by atoms with Crippen molar-refractivity contribution in [2.45, 2.75) is 52.1 Å². The molecule has 0 saturated heterocycles. The lowest BCUT2D eigenvalue weighted by atomic mass is 9.88. The van der Waals surface area contributed by atoms with Crippen LogP contribution in [-0.4, -0.2) is 29.0 Å². The van der Waals surface area contributed by atoms with Gasteiger partial charge in [-0.15, -0.1) is 0 Å². The number of pyridine rings is 1. The highest BCUT2D eigenvalue weighted by Crippen LogP contribution is 2.36. The Bertz CT molecular complexity index is 951. The monoisotopic (exact) mass is 421 g/mol. The number of anilines is 2. The Morgan fingerprint density at radius 3 is 2.84 bits per heavy atom. The fourth-order valence-electron chi connectivity index (χ4n) is 4.33. The first kappa shape index (κ1) is 22.6. The summed E-state index contributed by atoms with van der Waals surface area (Å²) in [6, 6.07) is 10.5. The van der Waals surface area contributed by atoms with E-state index in [9.17, 15) is 9.65 Å². The highest BCUT2D eigenvalue weighted by atomic mass is 19.1. The standard InChI is InChI=1S/C25H32FN5/c1-4-12-31(25-23(28)7-6-11-29-25)18(3)17-30-13-10-19(5-2)15-24(30)21-14-20(16-27)8-9-22(21)26/h6-11,13-14,18-19,24H,4-5,12,15,17,28H2,1-3H3. The van der Waals surface area contributed by atoms with Gasteiger partial charge in [0, 0.05) is 30.9 Å². The summed E-state index contributed by atoms with van der Waals surface area (Å²) in [5.74, 6) is 0.921. The van der Waals surface area contributed by atoms with Gasteiger partial charge in [-0.05, 0) is 68.6 Å². The maximum atomic E-state index is 14.8. The predicted molar refractivity (Wildman–Crippen MR) is 124 cm³/mol. The number of hydrogen-bond acceptors (Lipinski definition) is 5. The van der Waals surface area contributed by atoms with E-state index in [0.717, 1.165) is 31.6 Å². The SMILES string of the molecule is CCCN(c1ncccc1N)C(C)CN1C=CC(CC)CC1c1cc(C#N)ccc1F. The molecule has 0 amide bonds. The second-order valence-corrected chi connectivity index (χ2v) is 8.26. The van der Waals surface area contributed by atoms with Gasteiger partial charge in [-0.25, -0.2) is 9.37 Å². The third kappa shape index (κ3) is 5.16. The normalized spacial score (nSPS) is 19.1. The lowest BCUT2D eigenvalue weighted by Crippen LogP contribution is -2.44. The van der Waals surface area contributed by atoms with Crippen molar-refractivity contribution in [2.24, 2.45) is 5.92 Å². The second-order valence-electron chi connectivity index (χ2n) is 8.26. The molecule has 1 aliphatic heterocycles. The van der Waals surface area contributed by atoms with Crippen LogP contribution in [0.4, 0.5) is 15.9 Å². The van der Waals surface area contributed by atoms with Crippen molar-refractivity contribution in [1.29, 1.82) is 5.26 Å². The Balaban J connectivity index is 1.91. The summed E-state index contributed by atoms with van der Waals surface area (Å²) in [6.07, 6.45) is 8.88. The van der Waals surface area contributed by atoms with Gasteiger partial charge in [-0.2, -0.15) is 5.26 Å². The highest BCUT2D eigenvalue weighted by Gasteiger charge is 2.29. The molecule has 164 valence electrons. The third-order valence-electron chi connectivity index (χ3n) is 6.05. The molecule has 1 aromatic carbocycles. The van der Waals surface area contributed by atoms with Crippen LogP contribution in [0, 0.1) is 23.1 Å². The van der Waals surface area contributed by atoms with Crippen molar-refractivity contribution >= 4 is 11.5 Å². The number of allylic oxidation sites excluding steroid dienone is 1. The van der Waals surface area contributed by atoms with Gasteiger partial charge in [0.2, 0.25) is 0 Å². The van der Waals surface area contributed by atoms with Crippen LogP contribution in [0.2, 0.25) is 0 Å². The largest absolute Gasteiger partial charge is 0.396 e. The van der Waals surface area contributed by atoms with E-state index in [4.69, 9.17) is 5.73 Å². The van der Waals surface area contributed by atoms with Crippen LogP contribution < -0.4 is 10.6 Å². The fourth-order valence-corrected chi connectivity index (χ4v) is 4.33. The van der Waals surface area contributed by atoms with Gasteiger partial charge in [-0.1, -0.05) is 19.9 Å². The van der Waals surface area contributed by atoms with E-state index in [1.165, 1.54) is 12.1 Å². The number of nitriles is 1. The van der Waals surface area contributed by atoms with Gasteiger partial charge < -0.3 is 15.5 Å². The average molecular weight is 422 g/mol. The maximum absolute atomic E-state index is 14.8. The molecular weight excluding hydrogens is 389 g/mol. The van der Waals surface area contributed by atoms with Crippen LogP contribution in [0.5, 0.6) is 0 Å². The number of hydrogen-bond donors (Lipinski definition) is 1. The number of nitrogens with zero attached hydrogens (tertiary/aromatic N) is 4. The Kier molecular flexibility index (Phi) is 7.51. The summed E-state index contributed by atoms with van der Waals surface area (Å²) in [7, 11) is 0.